The number of allylic oxidation sites excluding steroid dienone is 3. The van der Waals surface area contributed by atoms with E-state index in [1.807, 2.05) is 24.3 Å². The smallest absolute Gasteiger partial charge is 0.164 e. The first-order valence-electron chi connectivity index (χ1n) is 17.7. The van der Waals surface area contributed by atoms with Crippen LogP contribution in [0.4, 0.5) is 0 Å². The quantitative estimate of drug-likeness (QED) is 0.185. The maximum absolute atomic E-state index is 6.73. The third-order valence-electron chi connectivity index (χ3n) is 10.3. The van der Waals surface area contributed by atoms with Crippen LogP contribution in [0.3, 0.4) is 0 Å². The zero-order chi connectivity index (χ0) is 33.7. The molecule has 0 spiro atoms. The van der Waals surface area contributed by atoms with Crippen LogP contribution in [-0.2, 0) is 6.42 Å². The lowest BCUT2D eigenvalue weighted by molar-refractivity contribution is 0.272. The first-order chi connectivity index (χ1) is 25.2. The van der Waals surface area contributed by atoms with Crippen LogP contribution in [0.2, 0.25) is 0 Å². The van der Waals surface area contributed by atoms with Gasteiger partial charge in [-0.15, -0.1) is 0 Å². The summed E-state index contributed by atoms with van der Waals surface area (Å²) < 4.78 is 6.73. The summed E-state index contributed by atoms with van der Waals surface area (Å²) in [6.45, 7) is 0. The Balaban J connectivity index is 1.11. The lowest BCUT2D eigenvalue weighted by atomic mass is 9.84. The number of aromatic nitrogens is 3. The Kier molecular flexibility index (Phi) is 7.05. The van der Waals surface area contributed by atoms with Crippen molar-refractivity contribution < 1.29 is 4.74 Å². The predicted octanol–water partition coefficient (Wildman–Crippen LogP) is 11.2. The Morgan fingerprint density at radius 3 is 1.96 bits per heavy atom. The number of hydrogen-bond donors (Lipinski definition) is 0. The first-order valence-corrected chi connectivity index (χ1v) is 17.7. The number of benzene rings is 6. The van der Waals surface area contributed by atoms with Crippen molar-refractivity contribution in [3.8, 4) is 51.0 Å². The molecular weight excluding hydrogens is 623 g/mol. The van der Waals surface area contributed by atoms with Gasteiger partial charge in [0, 0.05) is 33.6 Å². The molecule has 7 aromatic rings. The molecule has 0 saturated heterocycles. The first kappa shape index (κ1) is 29.5. The molecule has 2 atom stereocenters. The molecule has 0 radical (unpaired) electrons. The van der Waals surface area contributed by atoms with Crippen LogP contribution in [0.25, 0.3) is 67.7 Å². The van der Waals surface area contributed by atoms with Gasteiger partial charge in [0.25, 0.3) is 0 Å². The molecule has 242 valence electrons. The zero-order valence-electron chi connectivity index (χ0n) is 27.9. The number of ether oxygens (including phenoxy) is 1. The van der Waals surface area contributed by atoms with Gasteiger partial charge in [-0.25, -0.2) is 15.0 Å². The van der Waals surface area contributed by atoms with Crippen LogP contribution in [0.1, 0.15) is 34.6 Å². The molecule has 0 amide bonds. The largest absolute Gasteiger partial charge is 0.484 e. The number of rotatable bonds is 5. The van der Waals surface area contributed by atoms with Crippen LogP contribution in [0.5, 0.6) is 5.75 Å². The van der Waals surface area contributed by atoms with Crippen molar-refractivity contribution in [2.45, 2.75) is 24.9 Å². The molecule has 1 aromatic heterocycles. The van der Waals surface area contributed by atoms with Gasteiger partial charge in [-0.2, -0.15) is 0 Å². The van der Waals surface area contributed by atoms with Crippen molar-refractivity contribution in [1.29, 1.82) is 0 Å². The number of aryl methyl sites for hydroxylation is 1. The minimum Gasteiger partial charge on any atom is -0.484 e. The summed E-state index contributed by atoms with van der Waals surface area (Å²) in [5.41, 5.74) is 11.5. The molecule has 0 N–H and O–H groups in total. The minimum absolute atomic E-state index is 0.0652. The van der Waals surface area contributed by atoms with E-state index in [-0.39, 0.29) is 12.0 Å². The fraction of sp³-hybridized carbons (Fsp3) is 0.0851. The molecule has 2 heterocycles. The summed E-state index contributed by atoms with van der Waals surface area (Å²) in [6.07, 6.45) is 13.5. The van der Waals surface area contributed by atoms with Crippen molar-refractivity contribution in [1.82, 2.24) is 15.0 Å². The molecule has 6 aromatic carbocycles. The van der Waals surface area contributed by atoms with Crippen LogP contribution in [0, 0.1) is 0 Å². The number of fused-ring (bicyclic) bond motifs is 6. The number of nitrogens with zero attached hydrogens (tertiary/aromatic N) is 3. The Morgan fingerprint density at radius 1 is 0.549 bits per heavy atom. The van der Waals surface area contributed by atoms with Crippen molar-refractivity contribution >= 4 is 22.4 Å². The Labute approximate surface area is 297 Å². The van der Waals surface area contributed by atoms with Crippen molar-refractivity contribution in [3.05, 3.63) is 180 Å². The monoisotopic (exact) mass is 655 g/mol. The zero-order valence-corrected chi connectivity index (χ0v) is 27.9. The van der Waals surface area contributed by atoms with Gasteiger partial charge >= 0.3 is 0 Å². The molecule has 0 fully saturated rings. The molecule has 2 unspecified atom stereocenters. The van der Waals surface area contributed by atoms with Gasteiger partial charge in [0.15, 0.2) is 17.5 Å². The van der Waals surface area contributed by atoms with E-state index in [9.17, 15) is 0 Å². The van der Waals surface area contributed by atoms with Crippen LogP contribution >= 0.6 is 0 Å². The van der Waals surface area contributed by atoms with E-state index >= 15 is 0 Å². The average Bonchev–Trinajstić information content (AvgIpc) is 3.59. The SMILES string of the molecule is C1=Cc2cc(C3=CC4c5cc(-c6nc(-c7ccccc7)nc(-c7ccc(-c8ccccc8)cc7)n6)c6ccccc6c5OC4C=C3)ccc2CC1. The van der Waals surface area contributed by atoms with E-state index in [1.165, 1.54) is 27.8 Å². The van der Waals surface area contributed by atoms with Gasteiger partial charge in [-0.1, -0.05) is 146 Å². The lowest BCUT2D eigenvalue weighted by Gasteiger charge is -2.20. The van der Waals surface area contributed by atoms with E-state index in [0.717, 1.165) is 57.2 Å². The van der Waals surface area contributed by atoms with Gasteiger partial charge in [0.05, 0.1) is 0 Å². The molecule has 3 aliphatic rings. The molecule has 0 saturated carbocycles. The molecule has 2 aliphatic carbocycles. The van der Waals surface area contributed by atoms with E-state index in [0.29, 0.717) is 17.5 Å². The highest BCUT2D eigenvalue weighted by Crippen LogP contribution is 2.49. The molecule has 0 bridgehead atoms. The standard InChI is InChI=1S/C47H33N3O/c1-3-11-30(12-4-1)32-19-22-34(23-20-32)46-48-45(33-14-5-2-6-15-33)49-47(50-46)42-29-41-40-28-37(36-24-21-31-13-7-8-16-35(31)27-36)25-26-43(40)51-44(41)39-18-10-9-17-38(39)42/h1-6,8-12,14-29,40,43H,7,13H2. The molecule has 1 aliphatic heterocycles. The van der Waals surface area contributed by atoms with Crippen LogP contribution in [0.15, 0.2) is 158 Å². The summed E-state index contributed by atoms with van der Waals surface area (Å²) in [5, 5.41) is 2.12. The minimum atomic E-state index is -0.0724. The second-order valence-corrected chi connectivity index (χ2v) is 13.4. The fourth-order valence-electron chi connectivity index (χ4n) is 7.69. The van der Waals surface area contributed by atoms with Gasteiger partial charge < -0.3 is 4.74 Å². The van der Waals surface area contributed by atoms with Crippen LogP contribution < -0.4 is 4.74 Å². The topological polar surface area (TPSA) is 47.9 Å². The van der Waals surface area contributed by atoms with Gasteiger partial charge in [-0.3, -0.25) is 0 Å². The van der Waals surface area contributed by atoms with E-state index in [1.54, 1.807) is 0 Å². The Morgan fingerprint density at radius 2 is 1.18 bits per heavy atom. The Hall–Kier alpha value is -6.39. The van der Waals surface area contributed by atoms with Gasteiger partial charge in [0.1, 0.15) is 11.9 Å². The van der Waals surface area contributed by atoms with Crippen molar-refractivity contribution in [2.75, 3.05) is 0 Å². The van der Waals surface area contributed by atoms with E-state index in [4.69, 9.17) is 19.7 Å². The highest BCUT2D eigenvalue weighted by molar-refractivity contribution is 6.01. The molecule has 10 rings (SSSR count). The summed E-state index contributed by atoms with van der Waals surface area (Å²) in [6, 6.07) is 46.7. The number of hydrogen-bond acceptors (Lipinski definition) is 4. The van der Waals surface area contributed by atoms with Gasteiger partial charge in [0.2, 0.25) is 0 Å². The highest BCUT2D eigenvalue weighted by Gasteiger charge is 2.36. The van der Waals surface area contributed by atoms with E-state index < -0.39 is 0 Å². The third kappa shape index (κ3) is 5.28. The second kappa shape index (κ2) is 12.2. The molecular formula is C47H33N3O. The maximum atomic E-state index is 6.73. The maximum Gasteiger partial charge on any atom is 0.164 e. The fourth-order valence-corrected chi connectivity index (χ4v) is 7.69. The molecule has 4 nitrogen and oxygen atoms in total. The summed E-state index contributed by atoms with van der Waals surface area (Å²) >= 11 is 0. The Bertz CT molecular complexity index is 2550. The van der Waals surface area contributed by atoms with Crippen molar-refractivity contribution in [3.63, 3.8) is 0 Å². The summed E-state index contributed by atoms with van der Waals surface area (Å²) in [4.78, 5) is 15.4. The lowest BCUT2D eigenvalue weighted by Crippen LogP contribution is -2.17. The molecule has 4 heteroatoms. The normalized spacial score (nSPS) is 17.0. The highest BCUT2D eigenvalue weighted by atomic mass is 16.5. The predicted molar refractivity (Wildman–Crippen MR) is 207 cm³/mol. The second-order valence-electron chi connectivity index (χ2n) is 13.4. The third-order valence-corrected chi connectivity index (χ3v) is 10.3. The van der Waals surface area contributed by atoms with Crippen molar-refractivity contribution in [2.24, 2.45) is 0 Å². The van der Waals surface area contributed by atoms with E-state index in [2.05, 4.69) is 140 Å². The summed E-state index contributed by atoms with van der Waals surface area (Å²) in [5.74, 6) is 2.93. The summed E-state index contributed by atoms with van der Waals surface area (Å²) in [7, 11) is 0. The molecule has 51 heavy (non-hydrogen) atoms. The van der Waals surface area contributed by atoms with Crippen LogP contribution in [-0.4, -0.2) is 21.1 Å². The average molecular weight is 656 g/mol. The van der Waals surface area contributed by atoms with Gasteiger partial charge in [-0.05, 0) is 69.8 Å².